The van der Waals surface area contributed by atoms with Crippen LogP contribution in [-0.4, -0.2) is 33.6 Å². The predicted molar refractivity (Wildman–Crippen MR) is 85.2 cm³/mol. The Morgan fingerprint density at radius 1 is 1.33 bits per heavy atom. The number of esters is 1. The molecule has 24 heavy (non-hydrogen) atoms. The van der Waals surface area contributed by atoms with E-state index >= 15 is 0 Å². The van der Waals surface area contributed by atoms with E-state index in [1.54, 1.807) is 13.8 Å². The van der Waals surface area contributed by atoms with Crippen molar-refractivity contribution >= 4 is 23.0 Å². The van der Waals surface area contributed by atoms with Crippen LogP contribution in [0.15, 0.2) is 24.5 Å². The molecule has 1 atom stereocenters. The van der Waals surface area contributed by atoms with Crippen molar-refractivity contribution in [1.82, 2.24) is 0 Å². The van der Waals surface area contributed by atoms with E-state index in [1.807, 2.05) is 0 Å². The maximum atomic E-state index is 11.7. The summed E-state index contributed by atoms with van der Waals surface area (Å²) in [5.41, 5.74) is -1.79. The summed E-state index contributed by atoms with van der Waals surface area (Å²) < 4.78 is 4.73. The second-order valence-corrected chi connectivity index (χ2v) is 4.79. The largest absolute Gasteiger partial charge is 0.516 e. The summed E-state index contributed by atoms with van der Waals surface area (Å²) in [4.78, 5) is 32.6. The Hall–Kier alpha value is -3.17. The minimum Gasteiger partial charge on any atom is -0.516 e. The van der Waals surface area contributed by atoms with Crippen LogP contribution >= 0.6 is 0 Å². The number of carbonyl (C=O) groups excluding carboxylic acids is 1. The molecule has 0 saturated heterocycles. The molecular formula is C14H17N3O7. The van der Waals surface area contributed by atoms with Crippen LogP contribution in [0.1, 0.15) is 30.6 Å². The van der Waals surface area contributed by atoms with E-state index in [1.165, 1.54) is 6.08 Å². The van der Waals surface area contributed by atoms with Crippen molar-refractivity contribution in [3.8, 4) is 0 Å². The Labute approximate surface area is 137 Å². The molecule has 1 aromatic carbocycles. The number of nitrogens with zero attached hydrogens (tertiary/aromatic N) is 2. The number of rotatable bonds is 8. The molecule has 2 N–H and O–H groups in total. The zero-order valence-corrected chi connectivity index (χ0v) is 13.1. The minimum absolute atomic E-state index is 0.0327. The monoisotopic (exact) mass is 339 g/mol. The molecule has 1 rings (SSSR count). The van der Waals surface area contributed by atoms with E-state index in [4.69, 9.17) is 9.84 Å². The van der Waals surface area contributed by atoms with Crippen LogP contribution in [0.3, 0.4) is 0 Å². The lowest BCUT2D eigenvalue weighted by molar-refractivity contribution is -0.392. The molecule has 0 heterocycles. The number of nitrogens with one attached hydrogen (secondary N) is 1. The highest BCUT2D eigenvalue weighted by molar-refractivity contribution is 5.93. The number of hydrogen-bond acceptors (Lipinski definition) is 8. The number of nitro benzene ring substituents is 2. The van der Waals surface area contributed by atoms with Crippen LogP contribution in [0.25, 0.3) is 0 Å². The van der Waals surface area contributed by atoms with Gasteiger partial charge in [-0.3, -0.25) is 20.2 Å². The summed E-state index contributed by atoms with van der Waals surface area (Å²) in [6.45, 7) is 3.21. The van der Waals surface area contributed by atoms with Crippen LogP contribution in [-0.2, 0) is 4.74 Å². The van der Waals surface area contributed by atoms with E-state index in [0.717, 1.165) is 18.4 Å². The van der Waals surface area contributed by atoms with Gasteiger partial charge in [-0.05, 0) is 26.3 Å². The standard InChI is InChI=1S/C14H17N3O7/c1-3-24-14(19)10-7-11(16(20)21)13(12(8-10)17(22)23)15-9(2)5-4-6-18/h4,6-9,15,18H,3,5H2,1-2H3/b6-4+. The molecule has 0 aromatic heterocycles. The Morgan fingerprint density at radius 3 is 2.29 bits per heavy atom. The van der Waals surface area contributed by atoms with Gasteiger partial charge in [-0.2, -0.15) is 0 Å². The first-order valence-corrected chi connectivity index (χ1v) is 7.01. The average molecular weight is 339 g/mol. The number of hydrogen-bond donors (Lipinski definition) is 2. The zero-order valence-electron chi connectivity index (χ0n) is 13.1. The molecule has 1 unspecified atom stereocenters. The molecule has 0 bridgehead atoms. The smallest absolute Gasteiger partial charge is 0.338 e. The van der Waals surface area contributed by atoms with Crippen LogP contribution in [0, 0.1) is 20.2 Å². The number of benzene rings is 1. The van der Waals surface area contributed by atoms with Crippen LogP contribution in [0.4, 0.5) is 17.1 Å². The summed E-state index contributed by atoms with van der Waals surface area (Å²) in [6, 6.07) is 1.43. The quantitative estimate of drug-likeness (QED) is 0.318. The summed E-state index contributed by atoms with van der Waals surface area (Å²) >= 11 is 0. The van der Waals surface area contributed by atoms with Gasteiger partial charge in [-0.15, -0.1) is 0 Å². The molecule has 0 saturated carbocycles. The predicted octanol–water partition coefficient (Wildman–Crippen LogP) is 2.94. The van der Waals surface area contributed by atoms with Crippen LogP contribution in [0.2, 0.25) is 0 Å². The number of carbonyl (C=O) groups is 1. The van der Waals surface area contributed by atoms with Gasteiger partial charge in [0.2, 0.25) is 0 Å². The molecule has 130 valence electrons. The van der Waals surface area contributed by atoms with Crippen LogP contribution < -0.4 is 5.32 Å². The molecule has 1 aromatic rings. The molecule has 0 aliphatic rings. The molecular weight excluding hydrogens is 322 g/mol. The number of aliphatic hydroxyl groups excluding tert-OH is 1. The highest BCUT2D eigenvalue weighted by Crippen LogP contribution is 2.36. The van der Waals surface area contributed by atoms with Crippen LogP contribution in [0.5, 0.6) is 0 Å². The van der Waals surface area contributed by atoms with E-state index in [2.05, 4.69) is 5.32 Å². The average Bonchev–Trinajstić information content (AvgIpc) is 2.52. The normalized spacial score (nSPS) is 11.9. The van der Waals surface area contributed by atoms with Gasteiger partial charge in [0.15, 0.2) is 5.69 Å². The Morgan fingerprint density at radius 2 is 1.88 bits per heavy atom. The minimum atomic E-state index is -0.883. The molecule has 0 aliphatic heterocycles. The lowest BCUT2D eigenvalue weighted by Gasteiger charge is -2.14. The number of anilines is 1. The fourth-order valence-electron chi connectivity index (χ4n) is 1.95. The van der Waals surface area contributed by atoms with Crippen molar-refractivity contribution in [3.63, 3.8) is 0 Å². The number of nitro groups is 2. The summed E-state index contributed by atoms with van der Waals surface area (Å²) in [7, 11) is 0. The lowest BCUT2D eigenvalue weighted by Crippen LogP contribution is -2.17. The van der Waals surface area contributed by atoms with Crippen molar-refractivity contribution in [2.75, 3.05) is 11.9 Å². The molecule has 10 nitrogen and oxygen atoms in total. The fraction of sp³-hybridized carbons (Fsp3) is 0.357. The molecule has 0 amide bonds. The highest BCUT2D eigenvalue weighted by Gasteiger charge is 2.29. The van der Waals surface area contributed by atoms with Gasteiger partial charge in [-0.1, -0.05) is 0 Å². The molecule has 0 spiro atoms. The highest BCUT2D eigenvalue weighted by atomic mass is 16.6. The van der Waals surface area contributed by atoms with Gasteiger partial charge in [0.05, 0.1) is 28.3 Å². The summed E-state index contributed by atoms with van der Waals surface area (Å²) in [5.74, 6) is -0.883. The van der Waals surface area contributed by atoms with Gasteiger partial charge < -0.3 is 15.2 Å². The second kappa shape index (κ2) is 8.46. The van der Waals surface area contributed by atoms with Crippen molar-refractivity contribution in [2.45, 2.75) is 26.3 Å². The SMILES string of the molecule is CCOC(=O)c1cc([N+](=O)[O-])c(NC(C)C/C=C/O)c([N+](=O)[O-])c1. The van der Waals surface area contributed by atoms with E-state index in [9.17, 15) is 25.0 Å². The van der Waals surface area contributed by atoms with E-state index in [-0.39, 0.29) is 24.3 Å². The molecule has 0 radical (unpaired) electrons. The van der Waals surface area contributed by atoms with E-state index < -0.39 is 33.2 Å². The first-order valence-electron chi connectivity index (χ1n) is 7.01. The number of ether oxygens (including phenoxy) is 1. The summed E-state index contributed by atoms with van der Waals surface area (Å²) in [6.07, 6.45) is 2.48. The maximum absolute atomic E-state index is 11.7. The maximum Gasteiger partial charge on any atom is 0.338 e. The third-order valence-corrected chi connectivity index (χ3v) is 2.99. The lowest BCUT2D eigenvalue weighted by atomic mass is 10.1. The fourth-order valence-corrected chi connectivity index (χ4v) is 1.95. The second-order valence-electron chi connectivity index (χ2n) is 4.79. The first kappa shape index (κ1) is 18.9. The van der Waals surface area contributed by atoms with Gasteiger partial charge in [0.1, 0.15) is 0 Å². The van der Waals surface area contributed by atoms with Crippen molar-refractivity contribution in [2.24, 2.45) is 0 Å². The number of aliphatic hydroxyl groups is 1. The molecule has 0 fully saturated rings. The van der Waals surface area contributed by atoms with Crippen molar-refractivity contribution in [1.29, 1.82) is 0 Å². The Kier molecular flexibility index (Phi) is 6.65. The Bertz CT molecular complexity index is 637. The third-order valence-electron chi connectivity index (χ3n) is 2.99. The summed E-state index contributed by atoms with van der Waals surface area (Å²) in [5, 5.41) is 33.8. The topological polar surface area (TPSA) is 145 Å². The van der Waals surface area contributed by atoms with Gasteiger partial charge in [-0.25, -0.2) is 4.79 Å². The molecule has 0 aliphatic carbocycles. The zero-order chi connectivity index (χ0) is 18.3. The third kappa shape index (κ3) is 4.66. The first-order chi connectivity index (χ1) is 11.3. The Balaban J connectivity index is 3.41. The van der Waals surface area contributed by atoms with E-state index in [0.29, 0.717) is 0 Å². The van der Waals surface area contributed by atoms with Crippen molar-refractivity contribution < 1.29 is 24.5 Å². The van der Waals surface area contributed by atoms with Gasteiger partial charge in [0, 0.05) is 18.2 Å². The van der Waals surface area contributed by atoms with Gasteiger partial charge >= 0.3 is 5.97 Å². The molecule has 10 heteroatoms. The van der Waals surface area contributed by atoms with Gasteiger partial charge in [0.25, 0.3) is 11.4 Å². The van der Waals surface area contributed by atoms with Crippen molar-refractivity contribution in [3.05, 3.63) is 50.3 Å².